The molecule has 1 amide bonds. The van der Waals surface area contributed by atoms with Gasteiger partial charge >= 0.3 is 0 Å². The number of carbonyl (C=O) groups excluding carboxylic acids is 1. The van der Waals surface area contributed by atoms with Crippen LogP contribution >= 0.6 is 0 Å². The Labute approximate surface area is 149 Å². The first-order valence-electron chi connectivity index (χ1n) is 9.30. The molecule has 1 aliphatic carbocycles. The third-order valence-corrected chi connectivity index (χ3v) is 5.51. The number of benzene rings is 1. The smallest absolute Gasteiger partial charge is 0.226 e. The number of pyridine rings is 1. The van der Waals surface area contributed by atoms with Crippen molar-refractivity contribution in [3.63, 3.8) is 0 Å². The molecule has 1 aromatic heterocycles. The van der Waals surface area contributed by atoms with Crippen LogP contribution in [0.15, 0.2) is 48.7 Å². The molecular formula is C21H25N3O. The maximum atomic E-state index is 12.9. The molecule has 0 unspecified atom stereocenters. The molecule has 4 nitrogen and oxygen atoms in total. The molecule has 0 spiro atoms. The quantitative estimate of drug-likeness (QED) is 0.861. The molecule has 2 aliphatic rings. The van der Waals surface area contributed by atoms with Gasteiger partial charge in [0.1, 0.15) is 5.82 Å². The third-order valence-electron chi connectivity index (χ3n) is 5.51. The molecule has 0 radical (unpaired) electrons. The summed E-state index contributed by atoms with van der Waals surface area (Å²) in [4.78, 5) is 21.6. The summed E-state index contributed by atoms with van der Waals surface area (Å²) in [6, 6.07) is 14.6. The van der Waals surface area contributed by atoms with Crippen LogP contribution in [0.5, 0.6) is 0 Å². The van der Waals surface area contributed by atoms with E-state index in [1.165, 1.54) is 11.1 Å². The van der Waals surface area contributed by atoms with E-state index in [-0.39, 0.29) is 5.92 Å². The van der Waals surface area contributed by atoms with Crippen molar-refractivity contribution < 1.29 is 4.79 Å². The van der Waals surface area contributed by atoms with Crippen LogP contribution in [0.2, 0.25) is 0 Å². The van der Waals surface area contributed by atoms with Crippen molar-refractivity contribution in [3.05, 3.63) is 59.8 Å². The first-order chi connectivity index (χ1) is 12.3. The van der Waals surface area contributed by atoms with Crippen molar-refractivity contribution >= 4 is 11.7 Å². The van der Waals surface area contributed by atoms with E-state index in [0.717, 1.165) is 44.8 Å². The van der Waals surface area contributed by atoms with Crippen molar-refractivity contribution in [2.75, 3.05) is 31.1 Å². The minimum Gasteiger partial charge on any atom is -0.353 e. The molecule has 1 saturated carbocycles. The van der Waals surface area contributed by atoms with Gasteiger partial charge in [0.05, 0.1) is 0 Å². The number of hydrogen-bond acceptors (Lipinski definition) is 3. The van der Waals surface area contributed by atoms with Crippen molar-refractivity contribution in [1.82, 2.24) is 9.88 Å². The van der Waals surface area contributed by atoms with Gasteiger partial charge in [-0.1, -0.05) is 37.3 Å². The zero-order chi connectivity index (χ0) is 17.2. The van der Waals surface area contributed by atoms with Gasteiger partial charge in [-0.3, -0.25) is 4.79 Å². The van der Waals surface area contributed by atoms with Gasteiger partial charge in [-0.25, -0.2) is 4.98 Å². The molecule has 2 fully saturated rings. The van der Waals surface area contributed by atoms with Gasteiger partial charge in [-0.2, -0.15) is 0 Å². The van der Waals surface area contributed by atoms with Crippen LogP contribution in [0.4, 0.5) is 5.82 Å². The van der Waals surface area contributed by atoms with Crippen molar-refractivity contribution in [2.45, 2.75) is 25.7 Å². The summed E-state index contributed by atoms with van der Waals surface area (Å²) >= 11 is 0. The van der Waals surface area contributed by atoms with E-state index >= 15 is 0 Å². The number of rotatable bonds is 4. The van der Waals surface area contributed by atoms with E-state index in [1.54, 1.807) is 0 Å². The van der Waals surface area contributed by atoms with Crippen LogP contribution in [0.3, 0.4) is 0 Å². The van der Waals surface area contributed by atoms with E-state index in [0.29, 0.717) is 11.8 Å². The second-order valence-corrected chi connectivity index (χ2v) is 7.00. The Morgan fingerprint density at radius 1 is 1.08 bits per heavy atom. The van der Waals surface area contributed by atoms with Gasteiger partial charge in [-0.05, 0) is 42.0 Å². The van der Waals surface area contributed by atoms with Crippen LogP contribution in [0.1, 0.15) is 30.4 Å². The average Bonchev–Trinajstić information content (AvgIpc) is 3.49. The second-order valence-electron chi connectivity index (χ2n) is 7.00. The van der Waals surface area contributed by atoms with Gasteiger partial charge in [0.15, 0.2) is 0 Å². The highest BCUT2D eigenvalue weighted by Crippen LogP contribution is 2.49. The van der Waals surface area contributed by atoms with E-state index in [4.69, 9.17) is 0 Å². The highest BCUT2D eigenvalue weighted by atomic mass is 16.2. The first-order valence-corrected chi connectivity index (χ1v) is 9.30. The molecule has 1 aromatic carbocycles. The number of hydrogen-bond donors (Lipinski definition) is 0. The van der Waals surface area contributed by atoms with E-state index in [9.17, 15) is 4.79 Å². The fraction of sp³-hybridized carbons (Fsp3) is 0.429. The Hall–Kier alpha value is -2.36. The highest BCUT2D eigenvalue weighted by Gasteiger charge is 2.46. The maximum absolute atomic E-state index is 12.9. The molecule has 2 heterocycles. The van der Waals surface area contributed by atoms with E-state index < -0.39 is 0 Å². The van der Waals surface area contributed by atoms with Crippen molar-refractivity contribution in [3.8, 4) is 0 Å². The SMILES string of the molecule is CCc1ccccc1[C@@H]1C[C@H]1C(=O)N1CCN(c2ccccn2)CC1. The molecular weight excluding hydrogens is 310 g/mol. The average molecular weight is 335 g/mol. The first kappa shape index (κ1) is 16.1. The molecule has 130 valence electrons. The molecule has 1 aliphatic heterocycles. The van der Waals surface area contributed by atoms with E-state index in [1.807, 2.05) is 24.4 Å². The molecule has 2 atom stereocenters. The van der Waals surface area contributed by atoms with Gasteiger partial charge in [0, 0.05) is 38.3 Å². The summed E-state index contributed by atoms with van der Waals surface area (Å²) in [5.74, 6) is 1.97. The predicted molar refractivity (Wildman–Crippen MR) is 99.7 cm³/mol. The zero-order valence-corrected chi connectivity index (χ0v) is 14.8. The summed E-state index contributed by atoms with van der Waals surface area (Å²) in [5, 5.41) is 0. The van der Waals surface area contributed by atoms with Crippen LogP contribution in [0, 0.1) is 5.92 Å². The Morgan fingerprint density at radius 2 is 1.84 bits per heavy atom. The molecule has 4 rings (SSSR count). The second kappa shape index (κ2) is 6.87. The van der Waals surface area contributed by atoms with Crippen molar-refractivity contribution in [1.29, 1.82) is 0 Å². The van der Waals surface area contributed by atoms with Crippen LogP contribution < -0.4 is 4.90 Å². The van der Waals surface area contributed by atoms with Crippen LogP contribution in [-0.2, 0) is 11.2 Å². The number of carbonyl (C=O) groups is 1. The number of amides is 1. The minimum absolute atomic E-state index is 0.189. The predicted octanol–water partition coefficient (Wildman–Crippen LogP) is 3.10. The standard InChI is InChI=1S/C21H25N3O/c1-2-16-7-3-4-8-17(16)18-15-19(18)21(25)24-13-11-23(12-14-24)20-9-5-6-10-22-20/h3-10,18-19H,2,11-15H2,1H3/t18-,19+/m0/s1. The lowest BCUT2D eigenvalue weighted by Crippen LogP contribution is -2.49. The molecule has 25 heavy (non-hydrogen) atoms. The Kier molecular flexibility index (Phi) is 4.43. The summed E-state index contributed by atoms with van der Waals surface area (Å²) < 4.78 is 0. The number of aromatic nitrogens is 1. The molecule has 1 saturated heterocycles. The zero-order valence-electron chi connectivity index (χ0n) is 14.8. The van der Waals surface area contributed by atoms with Gasteiger partial charge < -0.3 is 9.80 Å². The minimum atomic E-state index is 0.189. The summed E-state index contributed by atoms with van der Waals surface area (Å²) in [6.07, 6.45) is 3.87. The summed E-state index contributed by atoms with van der Waals surface area (Å²) in [5.41, 5.74) is 2.78. The number of aryl methyl sites for hydroxylation is 1. The highest BCUT2D eigenvalue weighted by molar-refractivity contribution is 5.83. The summed E-state index contributed by atoms with van der Waals surface area (Å²) in [7, 11) is 0. The molecule has 4 heteroatoms. The normalized spacial score (nSPS) is 22.8. The Morgan fingerprint density at radius 3 is 2.56 bits per heavy atom. The number of nitrogens with zero attached hydrogens (tertiary/aromatic N) is 3. The Balaban J connectivity index is 1.36. The Bertz CT molecular complexity index is 738. The topological polar surface area (TPSA) is 36.4 Å². The number of piperazine rings is 1. The molecule has 0 N–H and O–H groups in total. The summed E-state index contributed by atoms with van der Waals surface area (Å²) in [6.45, 7) is 5.52. The van der Waals surface area contributed by atoms with Gasteiger partial charge in [0.25, 0.3) is 0 Å². The fourth-order valence-corrected chi connectivity index (χ4v) is 3.96. The maximum Gasteiger partial charge on any atom is 0.226 e. The van der Waals surface area contributed by atoms with E-state index in [2.05, 4.69) is 46.0 Å². The van der Waals surface area contributed by atoms with Gasteiger partial charge in [0.2, 0.25) is 5.91 Å². The largest absolute Gasteiger partial charge is 0.353 e. The molecule has 0 bridgehead atoms. The van der Waals surface area contributed by atoms with Crippen molar-refractivity contribution in [2.24, 2.45) is 5.92 Å². The number of anilines is 1. The van der Waals surface area contributed by atoms with Crippen LogP contribution in [-0.4, -0.2) is 42.0 Å². The lowest BCUT2D eigenvalue weighted by Gasteiger charge is -2.35. The molecule has 2 aromatic rings. The van der Waals surface area contributed by atoms with Gasteiger partial charge in [-0.15, -0.1) is 0 Å². The monoisotopic (exact) mass is 335 g/mol. The lowest BCUT2D eigenvalue weighted by atomic mass is 10.00. The fourth-order valence-electron chi connectivity index (χ4n) is 3.96. The van der Waals surface area contributed by atoms with Crippen LogP contribution in [0.25, 0.3) is 0 Å². The third kappa shape index (κ3) is 3.26. The lowest BCUT2D eigenvalue weighted by molar-refractivity contribution is -0.133.